The first-order chi connectivity index (χ1) is 6.25. The van der Waals surface area contributed by atoms with E-state index in [2.05, 4.69) is 25.7 Å². The van der Waals surface area contributed by atoms with E-state index in [1.165, 1.54) is 10.9 Å². The maximum absolute atomic E-state index is 10.7. The number of nitrogens with zero attached hydrogens (tertiary/aromatic N) is 3. The molecule has 0 spiro atoms. The summed E-state index contributed by atoms with van der Waals surface area (Å²) in [5.74, 6) is 0. The second-order valence-electron chi connectivity index (χ2n) is 2.44. The maximum Gasteiger partial charge on any atom is 0.389 e. The molecule has 0 aliphatic rings. The zero-order chi connectivity index (χ0) is 9.26. The fraction of sp³-hybridized carbons (Fsp3) is 0. The van der Waals surface area contributed by atoms with Crippen LogP contribution in [0.3, 0.4) is 0 Å². The summed E-state index contributed by atoms with van der Waals surface area (Å²) in [6.07, 6.45) is 1.28. The van der Waals surface area contributed by atoms with Crippen LogP contribution in [0.4, 0.5) is 0 Å². The second-order valence-corrected chi connectivity index (χ2v) is 3.36. The highest BCUT2D eigenvalue weighted by molar-refractivity contribution is 9.10. The summed E-state index contributed by atoms with van der Waals surface area (Å²) in [5, 5.41) is 3.53. The summed E-state index contributed by atoms with van der Waals surface area (Å²) in [5.41, 5.74) is 0.331. The Hall–Kier alpha value is -1.40. The number of hydrogen-bond acceptors (Lipinski definition) is 2. The molecule has 71 valence electrons. The van der Waals surface area contributed by atoms with E-state index in [0.717, 1.165) is 10.2 Å². The monoisotopic (exact) mass is 254 g/mol. The lowest BCUT2D eigenvalue weighted by Gasteiger charge is -1.95. The highest BCUT2D eigenvalue weighted by Crippen LogP contribution is 2.09. The smallest absolute Gasteiger partial charge is 0.389 e. The summed E-state index contributed by atoms with van der Waals surface area (Å²) in [4.78, 5) is 10.7. The summed E-state index contributed by atoms with van der Waals surface area (Å²) in [6.45, 7) is 0. The molecule has 0 aliphatic heterocycles. The van der Waals surface area contributed by atoms with E-state index < -0.39 is 5.63 Å². The molecule has 0 saturated carbocycles. The maximum atomic E-state index is 10.7. The minimum Gasteiger partial charge on any atom is -0.471 e. The largest absolute Gasteiger partial charge is 0.471 e. The fourth-order valence-electron chi connectivity index (χ4n) is 0.947. The molecule has 5 nitrogen and oxygen atoms in total. The minimum absolute atomic E-state index is 0. The Morgan fingerprint density at radius 1 is 1.29 bits per heavy atom. The first-order valence-corrected chi connectivity index (χ1v) is 4.36. The van der Waals surface area contributed by atoms with Crippen LogP contribution in [0.15, 0.2) is 44.3 Å². The molecular formula is C8H5BrN3O2. The van der Waals surface area contributed by atoms with Gasteiger partial charge in [0.2, 0.25) is 5.69 Å². The van der Waals surface area contributed by atoms with Crippen LogP contribution in [-0.4, -0.2) is 0 Å². The lowest BCUT2D eigenvalue weighted by Crippen LogP contribution is -2.33. The van der Waals surface area contributed by atoms with Crippen LogP contribution in [0.25, 0.3) is 5.69 Å². The van der Waals surface area contributed by atoms with Crippen molar-refractivity contribution in [3.05, 3.63) is 45.4 Å². The molecule has 0 amide bonds. The van der Waals surface area contributed by atoms with Gasteiger partial charge in [-0.25, -0.2) is 14.7 Å². The Balaban J connectivity index is 0.000000980. The van der Waals surface area contributed by atoms with E-state index >= 15 is 0 Å². The van der Waals surface area contributed by atoms with Gasteiger partial charge < -0.3 is 4.52 Å². The Morgan fingerprint density at radius 2 is 1.93 bits per heavy atom. The molecule has 0 saturated heterocycles. The molecule has 2 aromatic rings. The third kappa shape index (κ3) is 2.09. The number of hydrogen-bond donors (Lipinski definition) is 0. The van der Waals surface area contributed by atoms with Crippen LogP contribution in [0.1, 0.15) is 0 Å². The Morgan fingerprint density at radius 3 is 2.43 bits per heavy atom. The quantitative estimate of drug-likeness (QED) is 0.680. The SMILES string of the molecule is O=c1c[n+](-c2ccc(Br)cc2)[n-]o1.[N]. The van der Waals surface area contributed by atoms with Crippen molar-refractivity contribution >= 4 is 15.9 Å². The molecule has 0 atom stereocenters. The molecule has 2 rings (SSSR count). The van der Waals surface area contributed by atoms with Gasteiger partial charge in [0, 0.05) is 22.8 Å². The van der Waals surface area contributed by atoms with Gasteiger partial charge in [-0.1, -0.05) is 15.9 Å². The standard InChI is InChI=1S/C8H5BrN2O2.N/c9-6-1-3-7(4-2-6)11-5-8(12)13-10-11;/h1-5H;. The van der Waals surface area contributed by atoms with Crippen molar-refractivity contribution in [1.29, 1.82) is 0 Å². The predicted molar refractivity (Wildman–Crippen MR) is 49.7 cm³/mol. The van der Waals surface area contributed by atoms with Crippen molar-refractivity contribution in [2.75, 3.05) is 0 Å². The van der Waals surface area contributed by atoms with E-state index in [1.807, 2.05) is 24.3 Å². The van der Waals surface area contributed by atoms with Gasteiger partial charge in [-0.3, -0.25) is 0 Å². The van der Waals surface area contributed by atoms with E-state index in [1.54, 1.807) is 0 Å². The fourth-order valence-corrected chi connectivity index (χ4v) is 1.21. The van der Waals surface area contributed by atoms with Gasteiger partial charge in [-0.05, 0) is 12.1 Å². The van der Waals surface area contributed by atoms with Gasteiger partial charge in [0.25, 0.3) is 6.20 Å². The van der Waals surface area contributed by atoms with E-state index in [4.69, 9.17) is 0 Å². The zero-order valence-corrected chi connectivity index (χ0v) is 8.51. The molecule has 0 unspecified atom stereocenters. The average Bonchev–Trinajstić information content (AvgIpc) is 2.53. The van der Waals surface area contributed by atoms with Gasteiger partial charge in [-0.2, -0.15) is 0 Å². The zero-order valence-electron chi connectivity index (χ0n) is 6.92. The molecule has 0 N–H and O–H groups in total. The van der Waals surface area contributed by atoms with Crippen LogP contribution < -0.4 is 21.7 Å². The topological polar surface area (TPSA) is 78.7 Å². The first kappa shape index (κ1) is 10.7. The molecule has 3 radical (unpaired) electrons. The lowest BCUT2D eigenvalue weighted by molar-refractivity contribution is -0.676. The van der Waals surface area contributed by atoms with Crippen LogP contribution in [0.5, 0.6) is 0 Å². The van der Waals surface area contributed by atoms with E-state index in [-0.39, 0.29) is 6.15 Å². The summed E-state index contributed by atoms with van der Waals surface area (Å²) >= 11 is 3.31. The van der Waals surface area contributed by atoms with E-state index in [0.29, 0.717) is 0 Å². The second kappa shape index (κ2) is 4.21. The van der Waals surface area contributed by atoms with Gasteiger partial charge in [0.1, 0.15) is 0 Å². The summed E-state index contributed by atoms with van der Waals surface area (Å²) < 4.78 is 6.75. The number of halogens is 1. The number of aromatic nitrogens is 2. The normalized spacial score (nSPS) is 9.50. The molecule has 0 fully saturated rings. The van der Waals surface area contributed by atoms with E-state index in [9.17, 15) is 4.79 Å². The molecule has 1 aromatic heterocycles. The van der Waals surface area contributed by atoms with Gasteiger partial charge in [-0.15, -0.1) is 0 Å². The van der Waals surface area contributed by atoms with Crippen LogP contribution >= 0.6 is 15.9 Å². The highest BCUT2D eigenvalue weighted by Gasteiger charge is 2.01. The molecular weight excluding hydrogens is 250 g/mol. The average molecular weight is 255 g/mol. The molecule has 0 aliphatic carbocycles. The van der Waals surface area contributed by atoms with Crippen molar-refractivity contribution in [3.8, 4) is 5.69 Å². The van der Waals surface area contributed by atoms with Gasteiger partial charge in [0.15, 0.2) is 0 Å². The lowest BCUT2D eigenvalue weighted by atomic mass is 10.3. The highest BCUT2D eigenvalue weighted by atomic mass is 79.9. The minimum atomic E-state index is -0.456. The third-order valence-electron chi connectivity index (χ3n) is 1.54. The van der Waals surface area contributed by atoms with Crippen LogP contribution in [-0.2, 0) is 0 Å². The molecule has 6 heteroatoms. The predicted octanol–water partition coefficient (Wildman–Crippen LogP) is 0.156. The number of benzene rings is 1. The van der Waals surface area contributed by atoms with Crippen LogP contribution in [0, 0.1) is 0 Å². The Bertz CT molecular complexity index is 460. The number of rotatable bonds is 1. The molecule has 1 heterocycles. The third-order valence-corrected chi connectivity index (χ3v) is 2.07. The van der Waals surface area contributed by atoms with Crippen molar-refractivity contribution in [2.24, 2.45) is 0 Å². The van der Waals surface area contributed by atoms with Crippen molar-refractivity contribution in [3.63, 3.8) is 0 Å². The first-order valence-electron chi connectivity index (χ1n) is 3.57. The molecule has 14 heavy (non-hydrogen) atoms. The van der Waals surface area contributed by atoms with Crippen molar-refractivity contribution < 1.29 is 9.20 Å². The van der Waals surface area contributed by atoms with Crippen molar-refractivity contribution in [1.82, 2.24) is 11.4 Å². The van der Waals surface area contributed by atoms with Crippen molar-refractivity contribution in [2.45, 2.75) is 0 Å². The summed E-state index contributed by atoms with van der Waals surface area (Å²) in [7, 11) is 0. The Kier molecular flexibility index (Phi) is 3.21. The van der Waals surface area contributed by atoms with Crippen LogP contribution in [0.2, 0.25) is 0 Å². The summed E-state index contributed by atoms with van der Waals surface area (Å²) in [6, 6.07) is 7.38. The molecule has 1 aromatic carbocycles. The van der Waals surface area contributed by atoms with Gasteiger partial charge >= 0.3 is 5.63 Å². The Labute approximate surface area is 88.0 Å². The van der Waals surface area contributed by atoms with Gasteiger partial charge in [0.05, 0.1) is 0 Å². The molecule has 0 bridgehead atoms.